The first-order valence-corrected chi connectivity index (χ1v) is 5.61. The topological polar surface area (TPSA) is 41.1 Å². The molecule has 1 aromatic carbocycles. The van der Waals surface area contributed by atoms with Crippen molar-refractivity contribution in [3.05, 3.63) is 35.4 Å². The summed E-state index contributed by atoms with van der Waals surface area (Å²) in [4.78, 5) is 11.5. The highest BCUT2D eigenvalue weighted by Gasteiger charge is 2.06. The molecule has 0 saturated heterocycles. The highest BCUT2D eigenvalue weighted by molar-refractivity contribution is 5.76. The van der Waals surface area contributed by atoms with Crippen molar-refractivity contribution in [2.24, 2.45) is 0 Å². The van der Waals surface area contributed by atoms with Gasteiger partial charge < -0.3 is 10.6 Å². The van der Waals surface area contributed by atoms with Crippen molar-refractivity contribution >= 4 is 5.91 Å². The van der Waals surface area contributed by atoms with Crippen LogP contribution >= 0.6 is 0 Å². The second kappa shape index (κ2) is 6.28. The summed E-state index contributed by atoms with van der Waals surface area (Å²) in [5.74, 6) is 0.0864. The molecule has 1 rings (SSSR count). The van der Waals surface area contributed by atoms with E-state index in [0.717, 1.165) is 5.56 Å². The Labute approximate surface area is 97.2 Å². The summed E-state index contributed by atoms with van der Waals surface area (Å²) in [7, 11) is 1.86. The lowest BCUT2D eigenvalue weighted by Crippen LogP contribution is -2.31. The Morgan fingerprint density at radius 1 is 1.44 bits per heavy atom. The van der Waals surface area contributed by atoms with Crippen LogP contribution < -0.4 is 10.6 Å². The molecular formula is C13H20N2O. The van der Waals surface area contributed by atoms with E-state index in [9.17, 15) is 4.79 Å². The van der Waals surface area contributed by atoms with Gasteiger partial charge in [0.25, 0.3) is 0 Å². The predicted molar refractivity (Wildman–Crippen MR) is 66.2 cm³/mol. The van der Waals surface area contributed by atoms with Gasteiger partial charge in [-0.05, 0) is 26.5 Å². The van der Waals surface area contributed by atoms with E-state index in [0.29, 0.717) is 13.0 Å². The third-order valence-electron chi connectivity index (χ3n) is 2.56. The van der Waals surface area contributed by atoms with Gasteiger partial charge in [-0.2, -0.15) is 0 Å². The van der Waals surface area contributed by atoms with E-state index >= 15 is 0 Å². The number of carbonyl (C=O) groups is 1. The largest absolute Gasteiger partial charge is 0.352 e. The van der Waals surface area contributed by atoms with Crippen molar-refractivity contribution < 1.29 is 4.79 Å². The van der Waals surface area contributed by atoms with Gasteiger partial charge in [0.15, 0.2) is 0 Å². The van der Waals surface area contributed by atoms with Crippen LogP contribution in [0.3, 0.4) is 0 Å². The molecule has 0 aliphatic carbocycles. The number of nitrogens with one attached hydrogen (secondary N) is 2. The molecule has 1 atom stereocenters. The maximum Gasteiger partial charge on any atom is 0.221 e. The Balaban J connectivity index is 2.37. The average molecular weight is 220 g/mol. The lowest BCUT2D eigenvalue weighted by molar-refractivity contribution is -0.121. The average Bonchev–Trinajstić information content (AvgIpc) is 2.26. The Morgan fingerprint density at radius 3 is 2.81 bits per heavy atom. The molecule has 0 bridgehead atoms. The van der Waals surface area contributed by atoms with E-state index in [4.69, 9.17) is 0 Å². The minimum absolute atomic E-state index is 0.0864. The summed E-state index contributed by atoms with van der Waals surface area (Å²) >= 11 is 0. The summed E-state index contributed by atoms with van der Waals surface area (Å²) in [6.45, 7) is 4.65. The van der Waals surface area contributed by atoms with Gasteiger partial charge in [0.2, 0.25) is 5.91 Å². The highest BCUT2D eigenvalue weighted by atomic mass is 16.1. The first-order chi connectivity index (χ1) is 7.61. The molecule has 0 fully saturated rings. The molecule has 1 unspecified atom stereocenters. The summed E-state index contributed by atoms with van der Waals surface area (Å²) in [6, 6.07) is 8.38. The fourth-order valence-electron chi connectivity index (χ4n) is 1.48. The highest BCUT2D eigenvalue weighted by Crippen LogP contribution is 2.03. The van der Waals surface area contributed by atoms with Crippen LogP contribution in [0.4, 0.5) is 0 Å². The van der Waals surface area contributed by atoms with E-state index in [2.05, 4.69) is 16.7 Å². The molecule has 1 amide bonds. The molecule has 0 aliphatic rings. The van der Waals surface area contributed by atoms with Gasteiger partial charge in [-0.1, -0.05) is 29.8 Å². The Bertz CT molecular complexity index is 350. The van der Waals surface area contributed by atoms with Crippen molar-refractivity contribution in [1.29, 1.82) is 0 Å². The van der Waals surface area contributed by atoms with Gasteiger partial charge in [-0.25, -0.2) is 0 Å². The number of aryl methyl sites for hydroxylation is 1. The Hall–Kier alpha value is -1.35. The smallest absolute Gasteiger partial charge is 0.221 e. The zero-order valence-electron chi connectivity index (χ0n) is 10.2. The molecule has 0 spiro atoms. The predicted octanol–water partition coefficient (Wildman–Crippen LogP) is 1.61. The van der Waals surface area contributed by atoms with Gasteiger partial charge >= 0.3 is 0 Å². The van der Waals surface area contributed by atoms with Crippen LogP contribution in [0, 0.1) is 6.92 Å². The molecule has 3 heteroatoms. The number of hydrogen-bond acceptors (Lipinski definition) is 2. The molecule has 2 N–H and O–H groups in total. The van der Waals surface area contributed by atoms with E-state index in [1.165, 1.54) is 5.56 Å². The molecular weight excluding hydrogens is 200 g/mol. The first kappa shape index (κ1) is 12.7. The van der Waals surface area contributed by atoms with Crippen LogP contribution in [0.1, 0.15) is 24.5 Å². The van der Waals surface area contributed by atoms with E-state index < -0.39 is 0 Å². The summed E-state index contributed by atoms with van der Waals surface area (Å²) in [5.41, 5.74) is 2.36. The van der Waals surface area contributed by atoms with E-state index in [-0.39, 0.29) is 11.9 Å². The number of amides is 1. The van der Waals surface area contributed by atoms with Gasteiger partial charge in [0, 0.05) is 19.0 Å². The van der Waals surface area contributed by atoms with Crippen LogP contribution in [0.25, 0.3) is 0 Å². The maximum absolute atomic E-state index is 11.5. The first-order valence-electron chi connectivity index (χ1n) is 5.61. The zero-order chi connectivity index (χ0) is 12.0. The number of carbonyl (C=O) groups excluding carboxylic acids is 1. The third-order valence-corrected chi connectivity index (χ3v) is 2.56. The van der Waals surface area contributed by atoms with E-state index in [1.807, 2.05) is 39.1 Å². The molecule has 1 aromatic rings. The van der Waals surface area contributed by atoms with Crippen LogP contribution in [0.5, 0.6) is 0 Å². The quantitative estimate of drug-likeness (QED) is 0.791. The third kappa shape index (κ3) is 4.45. The monoisotopic (exact) mass is 220 g/mol. The lowest BCUT2D eigenvalue weighted by Gasteiger charge is -2.10. The fraction of sp³-hybridized carbons (Fsp3) is 0.462. The van der Waals surface area contributed by atoms with Gasteiger partial charge in [0.1, 0.15) is 0 Å². The SMILES string of the molecule is CNC(C)CC(=O)NCc1cccc(C)c1. The summed E-state index contributed by atoms with van der Waals surface area (Å²) in [6.07, 6.45) is 0.516. The molecule has 0 aromatic heterocycles. The number of benzene rings is 1. The second-order valence-electron chi connectivity index (χ2n) is 4.16. The van der Waals surface area contributed by atoms with Crippen molar-refractivity contribution in [1.82, 2.24) is 10.6 Å². The molecule has 0 saturated carbocycles. The molecule has 88 valence electrons. The molecule has 3 nitrogen and oxygen atoms in total. The van der Waals surface area contributed by atoms with Crippen LogP contribution in [0.15, 0.2) is 24.3 Å². The lowest BCUT2D eigenvalue weighted by atomic mass is 10.1. The minimum Gasteiger partial charge on any atom is -0.352 e. The maximum atomic E-state index is 11.5. The standard InChI is InChI=1S/C13H20N2O/c1-10-5-4-6-12(7-10)9-15-13(16)8-11(2)14-3/h4-7,11,14H,8-9H2,1-3H3,(H,15,16). The van der Waals surface area contributed by atoms with Crippen LogP contribution in [-0.4, -0.2) is 19.0 Å². The Morgan fingerprint density at radius 2 is 2.19 bits per heavy atom. The van der Waals surface area contributed by atoms with E-state index in [1.54, 1.807) is 0 Å². The minimum atomic E-state index is 0.0864. The summed E-state index contributed by atoms with van der Waals surface area (Å²) < 4.78 is 0. The summed E-state index contributed by atoms with van der Waals surface area (Å²) in [5, 5.41) is 5.95. The second-order valence-corrected chi connectivity index (χ2v) is 4.16. The van der Waals surface area contributed by atoms with Gasteiger partial charge in [0.05, 0.1) is 0 Å². The molecule has 16 heavy (non-hydrogen) atoms. The fourth-order valence-corrected chi connectivity index (χ4v) is 1.48. The molecule has 0 heterocycles. The van der Waals surface area contributed by atoms with Crippen molar-refractivity contribution in [3.63, 3.8) is 0 Å². The van der Waals surface area contributed by atoms with Crippen molar-refractivity contribution in [2.75, 3.05) is 7.05 Å². The zero-order valence-corrected chi connectivity index (χ0v) is 10.2. The van der Waals surface area contributed by atoms with Crippen molar-refractivity contribution in [2.45, 2.75) is 32.9 Å². The number of rotatable bonds is 5. The van der Waals surface area contributed by atoms with Crippen LogP contribution in [0.2, 0.25) is 0 Å². The Kier molecular flexibility index (Phi) is 4.99. The molecule has 0 radical (unpaired) electrons. The van der Waals surface area contributed by atoms with Gasteiger partial charge in [-0.3, -0.25) is 4.79 Å². The number of hydrogen-bond donors (Lipinski definition) is 2. The normalized spacial score (nSPS) is 12.2. The van der Waals surface area contributed by atoms with Crippen molar-refractivity contribution in [3.8, 4) is 0 Å². The van der Waals surface area contributed by atoms with Crippen LogP contribution in [-0.2, 0) is 11.3 Å². The van der Waals surface area contributed by atoms with Gasteiger partial charge in [-0.15, -0.1) is 0 Å². The molecule has 0 aliphatic heterocycles.